The van der Waals surface area contributed by atoms with Crippen LogP contribution in [0.2, 0.25) is 6.04 Å². The minimum Gasteiger partial charge on any atom is -0.463 e. The molecule has 0 fully saturated rings. The van der Waals surface area contributed by atoms with Gasteiger partial charge in [-0.25, -0.2) is 4.79 Å². The van der Waals surface area contributed by atoms with Gasteiger partial charge >= 0.3 is 14.8 Å². The Hall–Kier alpha value is -0.733. The van der Waals surface area contributed by atoms with Gasteiger partial charge < -0.3 is 23.7 Å². The lowest BCUT2D eigenvalue weighted by atomic mass is 10.1. The highest BCUT2D eigenvalue weighted by Gasteiger charge is 2.37. The summed E-state index contributed by atoms with van der Waals surface area (Å²) in [6, 6.07) is 0.817. The SMILES string of the molecule is C=CC(=O)OCCCCCCCC.CCC[Si](OC)(OC)OCN. The average Bonchev–Trinajstić information content (AvgIpc) is 2.61. The van der Waals surface area contributed by atoms with Gasteiger partial charge in [0, 0.05) is 26.3 Å². The normalized spacial score (nSPS) is 10.7. The van der Waals surface area contributed by atoms with E-state index in [0.717, 1.165) is 25.3 Å². The summed E-state index contributed by atoms with van der Waals surface area (Å²) in [5.74, 6) is -0.312. The third-order valence-corrected chi connectivity index (χ3v) is 6.35. The van der Waals surface area contributed by atoms with E-state index in [1.807, 2.05) is 0 Å². The topological polar surface area (TPSA) is 80.0 Å². The van der Waals surface area contributed by atoms with E-state index >= 15 is 0 Å². The number of esters is 1. The molecule has 24 heavy (non-hydrogen) atoms. The quantitative estimate of drug-likeness (QED) is 0.167. The zero-order chi connectivity index (χ0) is 18.7. The van der Waals surface area contributed by atoms with Crippen LogP contribution in [0.3, 0.4) is 0 Å². The van der Waals surface area contributed by atoms with Crippen molar-refractivity contribution in [3.8, 4) is 0 Å². The molecular weight excluding hydrogens is 326 g/mol. The summed E-state index contributed by atoms with van der Waals surface area (Å²) < 4.78 is 20.4. The Morgan fingerprint density at radius 3 is 2.08 bits per heavy atom. The lowest BCUT2D eigenvalue weighted by Crippen LogP contribution is -2.45. The van der Waals surface area contributed by atoms with Crippen LogP contribution in [0.5, 0.6) is 0 Å². The molecule has 0 aromatic carbocycles. The molecule has 0 bridgehead atoms. The number of ether oxygens (including phenoxy) is 1. The molecule has 0 amide bonds. The van der Waals surface area contributed by atoms with E-state index in [-0.39, 0.29) is 12.7 Å². The van der Waals surface area contributed by atoms with Gasteiger partial charge in [-0.2, -0.15) is 0 Å². The largest absolute Gasteiger partial charge is 0.501 e. The second-order valence-electron chi connectivity index (χ2n) is 5.29. The number of nitrogens with two attached hydrogens (primary N) is 1. The molecule has 0 spiro atoms. The molecule has 0 aromatic heterocycles. The van der Waals surface area contributed by atoms with Crippen molar-refractivity contribution in [2.24, 2.45) is 5.73 Å². The summed E-state index contributed by atoms with van der Waals surface area (Å²) in [5, 5.41) is 0. The number of carbonyl (C=O) groups excluding carboxylic acids is 1. The molecule has 0 aromatic rings. The number of hydrogen-bond donors (Lipinski definition) is 1. The van der Waals surface area contributed by atoms with Gasteiger partial charge in [0.05, 0.1) is 13.3 Å². The molecular formula is C17H37NO5Si. The van der Waals surface area contributed by atoms with Crippen molar-refractivity contribution in [2.45, 2.75) is 64.8 Å². The van der Waals surface area contributed by atoms with Crippen LogP contribution < -0.4 is 5.73 Å². The van der Waals surface area contributed by atoms with Crippen LogP contribution in [0, 0.1) is 0 Å². The number of hydrogen-bond acceptors (Lipinski definition) is 6. The fourth-order valence-electron chi connectivity index (χ4n) is 2.02. The minimum absolute atomic E-state index is 0.161. The molecule has 7 heteroatoms. The predicted molar refractivity (Wildman–Crippen MR) is 99.5 cm³/mol. The maximum Gasteiger partial charge on any atom is 0.501 e. The first-order valence-electron chi connectivity index (χ1n) is 8.79. The first-order valence-corrected chi connectivity index (χ1v) is 10.7. The molecule has 0 radical (unpaired) electrons. The van der Waals surface area contributed by atoms with Gasteiger partial charge in [0.2, 0.25) is 0 Å². The summed E-state index contributed by atoms with van der Waals surface area (Å²) in [6.07, 6.45) is 9.45. The van der Waals surface area contributed by atoms with Gasteiger partial charge in [-0.05, 0) is 6.42 Å². The Labute approximate surface area is 149 Å². The Balaban J connectivity index is 0. The standard InChI is InChI=1S/C11H20O2.C6H17NO3Si/c1-3-5-6-7-8-9-10-13-11(12)4-2;1-4-5-11(8-2,9-3)10-6-7/h4H,2-3,5-10H2,1H3;4-7H2,1-3H3. The summed E-state index contributed by atoms with van der Waals surface area (Å²) >= 11 is 0. The Bertz CT molecular complexity index is 291. The van der Waals surface area contributed by atoms with Crippen molar-refractivity contribution in [1.29, 1.82) is 0 Å². The molecule has 0 aliphatic rings. The Morgan fingerprint density at radius 1 is 1.04 bits per heavy atom. The zero-order valence-electron chi connectivity index (χ0n) is 16.0. The van der Waals surface area contributed by atoms with Crippen molar-refractivity contribution >= 4 is 14.8 Å². The maximum absolute atomic E-state index is 10.6. The van der Waals surface area contributed by atoms with Crippen molar-refractivity contribution in [1.82, 2.24) is 0 Å². The summed E-state index contributed by atoms with van der Waals surface area (Å²) in [7, 11) is 0.828. The summed E-state index contributed by atoms with van der Waals surface area (Å²) in [6.45, 7) is 8.28. The van der Waals surface area contributed by atoms with E-state index in [1.165, 1.54) is 31.8 Å². The molecule has 0 saturated carbocycles. The number of unbranched alkanes of at least 4 members (excludes halogenated alkanes) is 5. The lowest BCUT2D eigenvalue weighted by molar-refractivity contribution is -0.137. The molecule has 0 heterocycles. The average molecular weight is 364 g/mol. The van der Waals surface area contributed by atoms with Crippen LogP contribution in [0.1, 0.15) is 58.8 Å². The highest BCUT2D eigenvalue weighted by molar-refractivity contribution is 6.60. The highest BCUT2D eigenvalue weighted by Crippen LogP contribution is 2.14. The molecule has 0 unspecified atom stereocenters. The van der Waals surface area contributed by atoms with Crippen molar-refractivity contribution in [3.05, 3.63) is 12.7 Å². The third-order valence-electron chi connectivity index (χ3n) is 3.39. The van der Waals surface area contributed by atoms with E-state index in [0.29, 0.717) is 6.61 Å². The van der Waals surface area contributed by atoms with Gasteiger partial charge in [0.1, 0.15) is 0 Å². The fraction of sp³-hybridized carbons (Fsp3) is 0.824. The molecule has 0 saturated heterocycles. The van der Waals surface area contributed by atoms with E-state index in [2.05, 4.69) is 20.4 Å². The molecule has 0 rings (SSSR count). The van der Waals surface area contributed by atoms with Crippen molar-refractivity contribution in [3.63, 3.8) is 0 Å². The predicted octanol–water partition coefficient (Wildman–Crippen LogP) is 3.64. The van der Waals surface area contributed by atoms with E-state index in [4.69, 9.17) is 23.7 Å². The van der Waals surface area contributed by atoms with Crippen LogP contribution in [0.4, 0.5) is 0 Å². The zero-order valence-corrected chi connectivity index (χ0v) is 17.0. The monoisotopic (exact) mass is 363 g/mol. The van der Waals surface area contributed by atoms with Gasteiger partial charge in [-0.3, -0.25) is 0 Å². The molecule has 144 valence electrons. The van der Waals surface area contributed by atoms with Gasteiger partial charge in [0.25, 0.3) is 0 Å². The van der Waals surface area contributed by atoms with E-state index in [9.17, 15) is 4.79 Å². The smallest absolute Gasteiger partial charge is 0.463 e. The minimum atomic E-state index is -2.37. The van der Waals surface area contributed by atoms with Crippen LogP contribution in [-0.2, 0) is 22.8 Å². The second-order valence-corrected chi connectivity index (χ2v) is 8.26. The van der Waals surface area contributed by atoms with Crippen LogP contribution >= 0.6 is 0 Å². The van der Waals surface area contributed by atoms with E-state index < -0.39 is 8.80 Å². The highest BCUT2D eigenvalue weighted by atomic mass is 28.4. The molecule has 0 atom stereocenters. The summed E-state index contributed by atoms with van der Waals surface area (Å²) in [4.78, 5) is 10.6. The molecule has 0 aliphatic heterocycles. The van der Waals surface area contributed by atoms with Crippen LogP contribution in [-0.4, -0.2) is 42.3 Å². The van der Waals surface area contributed by atoms with E-state index in [1.54, 1.807) is 14.2 Å². The van der Waals surface area contributed by atoms with Crippen molar-refractivity contribution in [2.75, 3.05) is 27.6 Å². The summed E-state index contributed by atoms with van der Waals surface area (Å²) in [5.41, 5.74) is 5.25. The van der Waals surface area contributed by atoms with Gasteiger partial charge in [0.15, 0.2) is 0 Å². The fourth-order valence-corrected chi connectivity index (χ4v) is 3.85. The molecule has 2 N–H and O–H groups in total. The van der Waals surface area contributed by atoms with Gasteiger partial charge in [-0.15, -0.1) is 0 Å². The molecule has 6 nitrogen and oxygen atoms in total. The van der Waals surface area contributed by atoms with Crippen molar-refractivity contribution < 1.29 is 22.8 Å². The van der Waals surface area contributed by atoms with Crippen LogP contribution in [0.15, 0.2) is 12.7 Å². The molecule has 0 aliphatic carbocycles. The number of carbonyl (C=O) groups is 1. The first kappa shape index (κ1) is 25.5. The lowest BCUT2D eigenvalue weighted by Gasteiger charge is -2.24. The first-order chi connectivity index (χ1) is 11.6. The Morgan fingerprint density at radius 2 is 1.62 bits per heavy atom. The number of rotatable bonds is 14. The van der Waals surface area contributed by atoms with Gasteiger partial charge in [-0.1, -0.05) is 59.0 Å². The Kier molecular flexibility index (Phi) is 19.8. The third kappa shape index (κ3) is 14.8. The van der Waals surface area contributed by atoms with Crippen LogP contribution in [0.25, 0.3) is 0 Å². The second kappa shape index (κ2) is 18.6. The maximum atomic E-state index is 10.6.